The van der Waals surface area contributed by atoms with Crippen molar-refractivity contribution in [3.8, 4) is 0 Å². The predicted octanol–water partition coefficient (Wildman–Crippen LogP) is 2.29. The van der Waals surface area contributed by atoms with Gasteiger partial charge < -0.3 is 4.52 Å². The van der Waals surface area contributed by atoms with Gasteiger partial charge in [0.25, 0.3) is 0 Å². The van der Waals surface area contributed by atoms with Crippen molar-refractivity contribution in [2.75, 3.05) is 13.1 Å². The first-order valence-electron chi connectivity index (χ1n) is 8.75. The highest BCUT2D eigenvalue weighted by atomic mass is 32.2. The summed E-state index contributed by atoms with van der Waals surface area (Å²) < 4.78 is 33.5. The van der Waals surface area contributed by atoms with Crippen LogP contribution in [0, 0.1) is 20.8 Å². The van der Waals surface area contributed by atoms with E-state index in [1.54, 1.807) is 20.8 Å². The summed E-state index contributed by atoms with van der Waals surface area (Å²) in [5.41, 5.74) is 2.07. The van der Waals surface area contributed by atoms with Crippen molar-refractivity contribution < 1.29 is 12.9 Å². The van der Waals surface area contributed by atoms with Crippen LogP contribution in [0.4, 0.5) is 0 Å². The van der Waals surface area contributed by atoms with E-state index < -0.39 is 10.0 Å². The average molecular weight is 387 g/mol. The molecular formula is C18H21N5O3S. The van der Waals surface area contributed by atoms with E-state index in [-0.39, 0.29) is 23.3 Å². The molecule has 1 saturated heterocycles. The SMILES string of the molecule is Cc1noc(C2CN(S(=O)(=O)c3c(C)n[nH]c3C)CC2c2ccccc2)n1. The van der Waals surface area contributed by atoms with E-state index in [0.29, 0.717) is 29.6 Å². The van der Waals surface area contributed by atoms with Gasteiger partial charge in [0, 0.05) is 19.0 Å². The molecule has 0 bridgehead atoms. The van der Waals surface area contributed by atoms with Crippen molar-refractivity contribution in [3.63, 3.8) is 0 Å². The maximum atomic E-state index is 13.3. The van der Waals surface area contributed by atoms with Crippen LogP contribution in [0.5, 0.6) is 0 Å². The molecule has 0 amide bonds. The van der Waals surface area contributed by atoms with E-state index in [9.17, 15) is 8.42 Å². The third kappa shape index (κ3) is 3.06. The number of aromatic nitrogens is 4. The lowest BCUT2D eigenvalue weighted by Crippen LogP contribution is -2.29. The molecule has 27 heavy (non-hydrogen) atoms. The van der Waals surface area contributed by atoms with Crippen molar-refractivity contribution in [2.45, 2.75) is 37.5 Å². The Kier molecular flexibility index (Phi) is 4.35. The van der Waals surface area contributed by atoms with Crippen LogP contribution in [0.2, 0.25) is 0 Å². The second kappa shape index (κ2) is 6.58. The lowest BCUT2D eigenvalue weighted by atomic mass is 9.89. The Morgan fingerprint density at radius 3 is 2.41 bits per heavy atom. The van der Waals surface area contributed by atoms with Crippen LogP contribution in [0.25, 0.3) is 0 Å². The van der Waals surface area contributed by atoms with Crippen LogP contribution in [-0.4, -0.2) is 46.2 Å². The Morgan fingerprint density at radius 1 is 1.11 bits per heavy atom. The number of nitrogens with one attached hydrogen (secondary N) is 1. The molecule has 0 saturated carbocycles. The van der Waals surface area contributed by atoms with Crippen molar-refractivity contribution in [1.82, 2.24) is 24.6 Å². The van der Waals surface area contributed by atoms with Gasteiger partial charge in [-0.3, -0.25) is 5.10 Å². The third-order valence-corrected chi connectivity index (χ3v) is 7.13. The number of hydrogen-bond donors (Lipinski definition) is 1. The number of aromatic amines is 1. The van der Waals surface area contributed by atoms with E-state index in [4.69, 9.17) is 4.52 Å². The Hall–Kier alpha value is -2.52. The summed E-state index contributed by atoms with van der Waals surface area (Å²) in [7, 11) is -3.68. The topological polar surface area (TPSA) is 105 Å². The van der Waals surface area contributed by atoms with Gasteiger partial charge in [-0.25, -0.2) is 8.42 Å². The first kappa shape index (κ1) is 17.9. The quantitative estimate of drug-likeness (QED) is 0.736. The Morgan fingerprint density at radius 2 is 1.81 bits per heavy atom. The minimum absolute atomic E-state index is 0.0617. The van der Waals surface area contributed by atoms with Crippen LogP contribution in [0.1, 0.15) is 40.5 Å². The number of benzene rings is 1. The number of H-pyrrole nitrogens is 1. The fraction of sp³-hybridized carbons (Fsp3) is 0.389. The molecule has 0 aliphatic carbocycles. The zero-order valence-electron chi connectivity index (χ0n) is 15.4. The summed E-state index contributed by atoms with van der Waals surface area (Å²) in [6.45, 7) is 5.80. The summed E-state index contributed by atoms with van der Waals surface area (Å²) in [4.78, 5) is 4.61. The average Bonchev–Trinajstić information content (AvgIpc) is 3.34. The lowest BCUT2D eigenvalue weighted by molar-refractivity contribution is 0.345. The molecule has 3 aromatic rings. The smallest absolute Gasteiger partial charge is 0.246 e. The highest BCUT2D eigenvalue weighted by Gasteiger charge is 2.44. The maximum absolute atomic E-state index is 13.3. The number of hydrogen-bond acceptors (Lipinski definition) is 6. The maximum Gasteiger partial charge on any atom is 0.246 e. The minimum atomic E-state index is -3.68. The molecule has 4 rings (SSSR count). The lowest BCUT2D eigenvalue weighted by Gasteiger charge is -2.16. The molecule has 1 aliphatic rings. The fourth-order valence-corrected chi connectivity index (χ4v) is 5.59. The van der Waals surface area contributed by atoms with Gasteiger partial charge in [-0.05, 0) is 26.3 Å². The standard InChI is InChI=1S/C18H21N5O3S/c1-11-17(12(2)21-20-11)27(24,25)23-9-15(14-7-5-4-6-8-14)16(10-23)18-19-13(3)22-26-18/h4-8,15-16H,9-10H2,1-3H3,(H,20,21). The number of sulfonamides is 1. The highest BCUT2D eigenvalue weighted by Crippen LogP contribution is 2.41. The van der Waals surface area contributed by atoms with Gasteiger partial charge in [0.05, 0.1) is 17.3 Å². The van der Waals surface area contributed by atoms with Crippen molar-refractivity contribution >= 4 is 10.0 Å². The fourth-order valence-electron chi connectivity index (χ4n) is 3.77. The van der Waals surface area contributed by atoms with Gasteiger partial charge in [-0.2, -0.15) is 14.4 Å². The van der Waals surface area contributed by atoms with E-state index in [1.807, 2.05) is 30.3 Å². The van der Waals surface area contributed by atoms with E-state index in [0.717, 1.165) is 5.56 Å². The first-order valence-corrected chi connectivity index (χ1v) is 10.2. The molecule has 2 unspecified atom stereocenters. The van der Waals surface area contributed by atoms with Crippen molar-refractivity contribution in [1.29, 1.82) is 0 Å². The van der Waals surface area contributed by atoms with Crippen LogP contribution in [-0.2, 0) is 10.0 Å². The van der Waals surface area contributed by atoms with Crippen LogP contribution < -0.4 is 0 Å². The molecule has 1 aliphatic heterocycles. The van der Waals surface area contributed by atoms with Gasteiger partial charge in [0.1, 0.15) is 4.90 Å². The van der Waals surface area contributed by atoms with E-state index in [2.05, 4.69) is 20.3 Å². The van der Waals surface area contributed by atoms with Crippen LogP contribution in [0.3, 0.4) is 0 Å². The first-order chi connectivity index (χ1) is 12.9. The van der Waals surface area contributed by atoms with Gasteiger partial charge in [-0.1, -0.05) is 35.5 Å². The zero-order valence-corrected chi connectivity index (χ0v) is 16.2. The molecule has 0 radical (unpaired) electrons. The monoisotopic (exact) mass is 387 g/mol. The van der Waals surface area contributed by atoms with Gasteiger partial charge >= 0.3 is 0 Å². The molecule has 9 heteroatoms. The zero-order chi connectivity index (χ0) is 19.2. The molecule has 3 heterocycles. The van der Waals surface area contributed by atoms with Crippen LogP contribution >= 0.6 is 0 Å². The summed E-state index contributed by atoms with van der Waals surface area (Å²) in [5, 5.41) is 10.7. The molecule has 142 valence electrons. The summed E-state index contributed by atoms with van der Waals surface area (Å²) in [6, 6.07) is 9.85. The Bertz CT molecular complexity index is 1040. The second-order valence-corrected chi connectivity index (χ2v) is 8.76. The molecule has 2 aromatic heterocycles. The van der Waals surface area contributed by atoms with E-state index in [1.165, 1.54) is 4.31 Å². The van der Waals surface area contributed by atoms with Gasteiger partial charge in [-0.15, -0.1) is 0 Å². The van der Waals surface area contributed by atoms with Crippen molar-refractivity contribution in [2.24, 2.45) is 0 Å². The Balaban J connectivity index is 1.74. The van der Waals surface area contributed by atoms with Crippen molar-refractivity contribution in [3.05, 3.63) is 59.0 Å². The minimum Gasteiger partial charge on any atom is -0.339 e. The van der Waals surface area contributed by atoms with Gasteiger partial charge in [0.15, 0.2) is 5.82 Å². The number of rotatable bonds is 4. The summed E-state index contributed by atoms with van der Waals surface area (Å²) in [6.07, 6.45) is 0. The normalized spacial score (nSPS) is 21.0. The second-order valence-electron chi connectivity index (χ2n) is 6.89. The molecule has 1 N–H and O–H groups in total. The summed E-state index contributed by atoms with van der Waals surface area (Å²) >= 11 is 0. The van der Waals surface area contributed by atoms with Gasteiger partial charge in [0.2, 0.25) is 15.9 Å². The summed E-state index contributed by atoms with van der Waals surface area (Å²) in [5.74, 6) is 0.753. The molecule has 0 spiro atoms. The molecular weight excluding hydrogens is 366 g/mol. The largest absolute Gasteiger partial charge is 0.339 e. The number of nitrogens with zero attached hydrogens (tertiary/aromatic N) is 4. The molecule has 2 atom stereocenters. The highest BCUT2D eigenvalue weighted by molar-refractivity contribution is 7.89. The predicted molar refractivity (Wildman–Crippen MR) is 97.8 cm³/mol. The molecule has 1 aromatic carbocycles. The third-order valence-electron chi connectivity index (χ3n) is 5.03. The Labute approximate surface area is 157 Å². The van der Waals surface area contributed by atoms with E-state index >= 15 is 0 Å². The number of aryl methyl sites for hydroxylation is 3. The molecule has 1 fully saturated rings. The van der Waals surface area contributed by atoms with Crippen LogP contribution in [0.15, 0.2) is 39.8 Å². The molecule has 8 nitrogen and oxygen atoms in total.